The molecule has 4 heteroatoms. The van der Waals surface area contributed by atoms with E-state index in [-0.39, 0.29) is 6.10 Å². The van der Waals surface area contributed by atoms with Crippen LogP contribution in [-0.2, 0) is 4.74 Å². The highest BCUT2D eigenvalue weighted by molar-refractivity contribution is 6.31. The van der Waals surface area contributed by atoms with Crippen LogP contribution in [0.5, 0.6) is 5.75 Å². The van der Waals surface area contributed by atoms with Gasteiger partial charge in [0.2, 0.25) is 0 Å². The number of ether oxygens (including phenoxy) is 2. The molecular weight excluding hydrogens is 300 g/mol. The largest absolute Gasteiger partial charge is 0.488 e. The van der Waals surface area contributed by atoms with Crippen LogP contribution in [0, 0.1) is 6.92 Å². The van der Waals surface area contributed by atoms with Crippen molar-refractivity contribution in [2.45, 2.75) is 25.6 Å². The fourth-order valence-electron chi connectivity index (χ4n) is 2.58. The van der Waals surface area contributed by atoms with Gasteiger partial charge in [-0.15, -0.1) is 0 Å². The SMILES string of the molecule is Cc1ccc(Cl)c(C(O)c2ccc(OC3CCOC3)cc2)c1. The molecule has 0 spiro atoms. The maximum absolute atomic E-state index is 10.5. The van der Waals surface area contributed by atoms with Crippen LogP contribution in [0.1, 0.15) is 29.2 Å². The molecule has 1 aliphatic heterocycles. The Labute approximate surface area is 135 Å². The van der Waals surface area contributed by atoms with Gasteiger partial charge < -0.3 is 14.6 Å². The van der Waals surface area contributed by atoms with Crippen molar-refractivity contribution in [1.29, 1.82) is 0 Å². The lowest BCUT2D eigenvalue weighted by atomic mass is 10.00. The summed E-state index contributed by atoms with van der Waals surface area (Å²) < 4.78 is 11.1. The van der Waals surface area contributed by atoms with Gasteiger partial charge in [0, 0.05) is 17.0 Å². The third-order valence-corrected chi connectivity index (χ3v) is 4.18. The fourth-order valence-corrected chi connectivity index (χ4v) is 2.80. The summed E-state index contributed by atoms with van der Waals surface area (Å²) in [7, 11) is 0. The molecule has 3 nitrogen and oxygen atoms in total. The molecule has 1 N–H and O–H groups in total. The van der Waals surface area contributed by atoms with Crippen molar-refractivity contribution in [1.82, 2.24) is 0 Å². The van der Waals surface area contributed by atoms with E-state index < -0.39 is 6.10 Å². The first-order valence-corrected chi connectivity index (χ1v) is 7.80. The molecule has 3 rings (SSSR count). The minimum atomic E-state index is -0.740. The zero-order chi connectivity index (χ0) is 15.5. The number of hydrogen-bond donors (Lipinski definition) is 1. The molecule has 0 aliphatic carbocycles. The van der Waals surface area contributed by atoms with E-state index in [2.05, 4.69) is 0 Å². The molecule has 2 aromatic rings. The molecule has 0 aromatic heterocycles. The van der Waals surface area contributed by atoms with Crippen LogP contribution in [0.3, 0.4) is 0 Å². The highest BCUT2D eigenvalue weighted by Crippen LogP contribution is 2.30. The van der Waals surface area contributed by atoms with Crippen molar-refractivity contribution < 1.29 is 14.6 Å². The molecule has 2 unspecified atom stereocenters. The second kappa shape index (κ2) is 6.69. The summed E-state index contributed by atoms with van der Waals surface area (Å²) in [5.41, 5.74) is 2.58. The molecule has 2 atom stereocenters. The van der Waals surface area contributed by atoms with Crippen molar-refractivity contribution >= 4 is 11.6 Å². The van der Waals surface area contributed by atoms with Gasteiger partial charge in [0.1, 0.15) is 18.0 Å². The molecule has 0 amide bonds. The molecule has 1 fully saturated rings. The van der Waals surface area contributed by atoms with Crippen molar-refractivity contribution in [3.8, 4) is 5.75 Å². The third-order valence-electron chi connectivity index (χ3n) is 3.83. The summed E-state index contributed by atoms with van der Waals surface area (Å²) in [5.74, 6) is 0.793. The van der Waals surface area contributed by atoms with Crippen LogP contribution >= 0.6 is 11.6 Å². The number of halogens is 1. The van der Waals surface area contributed by atoms with Crippen LogP contribution in [0.2, 0.25) is 5.02 Å². The number of hydrogen-bond acceptors (Lipinski definition) is 3. The molecular formula is C18H19ClO3. The number of aliphatic hydroxyl groups excluding tert-OH is 1. The molecule has 1 heterocycles. The summed E-state index contributed by atoms with van der Waals surface area (Å²) in [6.07, 6.45) is 0.307. The Balaban J connectivity index is 1.75. The summed E-state index contributed by atoms with van der Waals surface area (Å²) in [4.78, 5) is 0. The monoisotopic (exact) mass is 318 g/mol. The number of benzene rings is 2. The summed E-state index contributed by atoms with van der Waals surface area (Å²) >= 11 is 6.19. The molecule has 22 heavy (non-hydrogen) atoms. The minimum absolute atomic E-state index is 0.127. The van der Waals surface area contributed by atoms with Crippen LogP contribution in [0.15, 0.2) is 42.5 Å². The van der Waals surface area contributed by atoms with Crippen molar-refractivity contribution in [3.63, 3.8) is 0 Å². The Hall–Kier alpha value is -1.55. The van der Waals surface area contributed by atoms with E-state index in [0.717, 1.165) is 35.5 Å². The lowest BCUT2D eigenvalue weighted by Crippen LogP contribution is -2.15. The van der Waals surface area contributed by atoms with Crippen LogP contribution < -0.4 is 4.74 Å². The first-order chi connectivity index (χ1) is 10.6. The Kier molecular flexibility index (Phi) is 4.67. The normalized spacial score (nSPS) is 19.1. The van der Waals surface area contributed by atoms with E-state index >= 15 is 0 Å². The second-order valence-corrected chi connectivity index (χ2v) is 6.01. The second-order valence-electron chi connectivity index (χ2n) is 5.60. The topological polar surface area (TPSA) is 38.7 Å². The number of aliphatic hydroxyl groups is 1. The molecule has 116 valence electrons. The highest BCUT2D eigenvalue weighted by atomic mass is 35.5. The zero-order valence-corrected chi connectivity index (χ0v) is 13.2. The smallest absolute Gasteiger partial charge is 0.124 e. The van der Waals surface area contributed by atoms with Gasteiger partial charge in [-0.3, -0.25) is 0 Å². The molecule has 1 aliphatic rings. The highest BCUT2D eigenvalue weighted by Gasteiger charge is 2.18. The lowest BCUT2D eigenvalue weighted by Gasteiger charge is -2.16. The zero-order valence-electron chi connectivity index (χ0n) is 12.5. The predicted molar refractivity (Wildman–Crippen MR) is 86.5 cm³/mol. The standard InChI is InChI=1S/C18H19ClO3/c1-12-2-7-17(19)16(10-12)18(20)13-3-5-14(6-4-13)22-15-8-9-21-11-15/h2-7,10,15,18,20H,8-9,11H2,1H3. The van der Waals surface area contributed by atoms with E-state index in [0.29, 0.717) is 11.6 Å². The van der Waals surface area contributed by atoms with E-state index in [1.807, 2.05) is 49.4 Å². The van der Waals surface area contributed by atoms with Gasteiger partial charge in [-0.05, 0) is 30.7 Å². The van der Waals surface area contributed by atoms with Crippen molar-refractivity contribution in [3.05, 3.63) is 64.2 Å². The Morgan fingerprint density at radius 1 is 1.23 bits per heavy atom. The first-order valence-electron chi connectivity index (χ1n) is 7.42. The average Bonchev–Trinajstić information content (AvgIpc) is 3.03. The molecule has 0 radical (unpaired) electrons. The van der Waals surface area contributed by atoms with Gasteiger partial charge in [-0.2, -0.15) is 0 Å². The molecule has 1 saturated heterocycles. The van der Waals surface area contributed by atoms with Crippen LogP contribution in [0.4, 0.5) is 0 Å². The van der Waals surface area contributed by atoms with E-state index in [4.69, 9.17) is 21.1 Å². The van der Waals surface area contributed by atoms with Gasteiger partial charge in [0.25, 0.3) is 0 Å². The van der Waals surface area contributed by atoms with Crippen molar-refractivity contribution in [2.75, 3.05) is 13.2 Å². The first kappa shape index (κ1) is 15.3. The van der Waals surface area contributed by atoms with E-state index in [9.17, 15) is 5.11 Å². The summed E-state index contributed by atoms with van der Waals surface area (Å²) in [6, 6.07) is 13.1. The van der Waals surface area contributed by atoms with Gasteiger partial charge in [-0.25, -0.2) is 0 Å². The Morgan fingerprint density at radius 3 is 2.68 bits per heavy atom. The molecule has 0 bridgehead atoms. The van der Waals surface area contributed by atoms with E-state index in [1.54, 1.807) is 0 Å². The van der Waals surface area contributed by atoms with Gasteiger partial charge in [-0.1, -0.05) is 41.4 Å². The van der Waals surface area contributed by atoms with Gasteiger partial charge >= 0.3 is 0 Å². The fraction of sp³-hybridized carbons (Fsp3) is 0.333. The van der Waals surface area contributed by atoms with Gasteiger partial charge in [0.15, 0.2) is 0 Å². The van der Waals surface area contributed by atoms with E-state index in [1.165, 1.54) is 0 Å². The maximum Gasteiger partial charge on any atom is 0.124 e. The van der Waals surface area contributed by atoms with Gasteiger partial charge in [0.05, 0.1) is 13.2 Å². The molecule has 2 aromatic carbocycles. The van der Waals surface area contributed by atoms with Crippen LogP contribution in [0.25, 0.3) is 0 Å². The maximum atomic E-state index is 10.5. The average molecular weight is 319 g/mol. The Morgan fingerprint density at radius 2 is 2.00 bits per heavy atom. The third kappa shape index (κ3) is 3.43. The molecule has 0 saturated carbocycles. The number of aryl methyl sites for hydroxylation is 1. The summed E-state index contributed by atoms with van der Waals surface area (Å²) in [6.45, 7) is 3.38. The van der Waals surface area contributed by atoms with Crippen LogP contribution in [-0.4, -0.2) is 24.4 Å². The number of rotatable bonds is 4. The predicted octanol–water partition coefficient (Wildman–Crippen LogP) is 3.90. The van der Waals surface area contributed by atoms with Crippen molar-refractivity contribution in [2.24, 2.45) is 0 Å². The Bertz CT molecular complexity index is 633. The quantitative estimate of drug-likeness (QED) is 0.929. The summed E-state index contributed by atoms with van der Waals surface area (Å²) in [5, 5.41) is 11.1. The minimum Gasteiger partial charge on any atom is -0.488 e. The lowest BCUT2D eigenvalue weighted by molar-refractivity contribution is 0.141.